The monoisotopic (exact) mass is 522 g/mol. The van der Waals surface area contributed by atoms with Crippen molar-refractivity contribution < 1.29 is 9.53 Å². The molecule has 4 bridgehead atoms. The quantitative estimate of drug-likeness (QED) is 0.340. The minimum absolute atomic E-state index is 0.151. The van der Waals surface area contributed by atoms with Crippen LogP contribution in [0.25, 0.3) is 0 Å². The first-order valence-corrected chi connectivity index (χ1v) is 13.9. The highest BCUT2D eigenvalue weighted by Crippen LogP contribution is 2.60. The van der Waals surface area contributed by atoms with Crippen LogP contribution in [0.4, 0.5) is 16.6 Å². The Hall–Kier alpha value is -4.12. The third kappa shape index (κ3) is 5.68. The largest absolute Gasteiger partial charge is 0.445 e. The van der Waals surface area contributed by atoms with Crippen molar-refractivity contribution in [1.82, 2.24) is 15.3 Å². The number of ether oxygens (including phenoxy) is 1. The number of nitriles is 1. The van der Waals surface area contributed by atoms with Gasteiger partial charge in [0.15, 0.2) is 0 Å². The van der Waals surface area contributed by atoms with Gasteiger partial charge in [-0.1, -0.05) is 60.7 Å². The predicted octanol–water partition coefficient (Wildman–Crippen LogP) is 5.49. The second kappa shape index (κ2) is 10.9. The first-order chi connectivity index (χ1) is 19.1. The summed E-state index contributed by atoms with van der Waals surface area (Å²) >= 11 is 0. The summed E-state index contributed by atoms with van der Waals surface area (Å²) in [7, 11) is 0. The van der Waals surface area contributed by atoms with E-state index < -0.39 is 0 Å². The fraction of sp³-hybridized carbons (Fsp3) is 0.419. The van der Waals surface area contributed by atoms with E-state index in [4.69, 9.17) is 4.74 Å². The Balaban J connectivity index is 1.07. The number of nitrogens with one attached hydrogen (secondary N) is 3. The highest BCUT2D eigenvalue weighted by molar-refractivity contribution is 5.67. The van der Waals surface area contributed by atoms with Gasteiger partial charge in [-0.3, -0.25) is 0 Å². The molecule has 0 saturated heterocycles. The summed E-state index contributed by atoms with van der Waals surface area (Å²) in [5, 5.41) is 19.7. The molecule has 4 aliphatic carbocycles. The van der Waals surface area contributed by atoms with E-state index in [0.29, 0.717) is 41.6 Å². The molecule has 1 unspecified atom stereocenters. The molecule has 1 aromatic heterocycles. The van der Waals surface area contributed by atoms with Gasteiger partial charge in [-0.25, -0.2) is 9.78 Å². The zero-order chi connectivity index (χ0) is 26.7. The molecule has 0 radical (unpaired) electrons. The van der Waals surface area contributed by atoms with Crippen LogP contribution in [0.15, 0.2) is 66.9 Å². The zero-order valence-corrected chi connectivity index (χ0v) is 22.0. The Morgan fingerprint density at radius 3 is 2.36 bits per heavy atom. The molecule has 2 aromatic carbocycles. The van der Waals surface area contributed by atoms with Crippen LogP contribution in [0, 0.1) is 34.5 Å². The summed E-state index contributed by atoms with van der Waals surface area (Å²) in [5.41, 5.74) is 2.73. The Labute approximate surface area is 229 Å². The summed E-state index contributed by atoms with van der Waals surface area (Å²) in [4.78, 5) is 21.6. The number of benzene rings is 2. The van der Waals surface area contributed by atoms with Crippen molar-refractivity contribution in [2.75, 3.05) is 17.2 Å². The third-order valence-corrected chi connectivity index (χ3v) is 8.73. The van der Waals surface area contributed by atoms with Gasteiger partial charge in [0.1, 0.15) is 24.1 Å². The summed E-state index contributed by atoms with van der Waals surface area (Å²) < 4.78 is 5.54. The highest BCUT2D eigenvalue weighted by Gasteiger charge is 2.55. The number of amides is 1. The molecular weight excluding hydrogens is 488 g/mol. The van der Waals surface area contributed by atoms with Gasteiger partial charge >= 0.3 is 6.09 Å². The lowest BCUT2D eigenvalue weighted by atomic mass is 9.48. The SMILES string of the molecule is N#Cc1cnc(NCc2ccccc2)nc1NC[C@]12CC3C[C@H](C1)[C@@H](NC(=O)OCc1ccccc1)[C@@H](C3)C2. The second-order valence-corrected chi connectivity index (χ2v) is 11.5. The van der Waals surface area contributed by atoms with Crippen molar-refractivity contribution in [3.8, 4) is 6.07 Å². The molecule has 1 heterocycles. The zero-order valence-electron chi connectivity index (χ0n) is 22.0. The maximum absolute atomic E-state index is 12.6. The number of hydrogen-bond acceptors (Lipinski definition) is 7. The molecule has 8 heteroatoms. The molecule has 39 heavy (non-hydrogen) atoms. The van der Waals surface area contributed by atoms with Gasteiger partial charge in [-0.15, -0.1) is 0 Å². The van der Waals surface area contributed by atoms with Gasteiger partial charge in [0.25, 0.3) is 0 Å². The van der Waals surface area contributed by atoms with Crippen LogP contribution in [-0.4, -0.2) is 28.6 Å². The molecule has 8 nitrogen and oxygen atoms in total. The van der Waals surface area contributed by atoms with Crippen molar-refractivity contribution in [3.63, 3.8) is 0 Å². The van der Waals surface area contributed by atoms with Crippen LogP contribution in [0.3, 0.4) is 0 Å². The van der Waals surface area contributed by atoms with Crippen molar-refractivity contribution in [1.29, 1.82) is 5.26 Å². The van der Waals surface area contributed by atoms with E-state index in [1.807, 2.05) is 60.7 Å². The number of aromatic nitrogens is 2. The first-order valence-electron chi connectivity index (χ1n) is 13.9. The van der Waals surface area contributed by atoms with Gasteiger partial charge < -0.3 is 20.7 Å². The van der Waals surface area contributed by atoms with Gasteiger partial charge in [0, 0.05) is 19.1 Å². The maximum Gasteiger partial charge on any atom is 0.407 e. The second-order valence-electron chi connectivity index (χ2n) is 11.5. The molecule has 0 spiro atoms. The minimum atomic E-state index is -0.321. The lowest BCUT2D eigenvalue weighted by Gasteiger charge is -2.60. The Bertz CT molecular complexity index is 1330. The number of carbonyl (C=O) groups is 1. The minimum Gasteiger partial charge on any atom is -0.445 e. The first kappa shape index (κ1) is 25.2. The van der Waals surface area contributed by atoms with E-state index in [9.17, 15) is 10.1 Å². The summed E-state index contributed by atoms with van der Waals surface area (Å²) in [6.45, 7) is 1.67. The third-order valence-electron chi connectivity index (χ3n) is 8.73. The van der Waals surface area contributed by atoms with E-state index >= 15 is 0 Å². The van der Waals surface area contributed by atoms with Crippen LogP contribution >= 0.6 is 0 Å². The average Bonchev–Trinajstić information content (AvgIpc) is 2.96. The van der Waals surface area contributed by atoms with Gasteiger partial charge in [0.05, 0.1) is 6.20 Å². The topological polar surface area (TPSA) is 112 Å². The molecule has 5 atom stereocenters. The molecule has 0 aliphatic heterocycles. The predicted molar refractivity (Wildman–Crippen MR) is 149 cm³/mol. The lowest BCUT2D eigenvalue weighted by molar-refractivity contribution is -0.0683. The van der Waals surface area contributed by atoms with E-state index in [0.717, 1.165) is 43.4 Å². The molecule has 3 N–H and O–H groups in total. The number of anilines is 2. The molecule has 3 aromatic rings. The van der Waals surface area contributed by atoms with E-state index in [1.165, 1.54) is 6.42 Å². The average molecular weight is 523 g/mol. The Morgan fingerprint density at radius 1 is 0.974 bits per heavy atom. The number of hydrogen-bond donors (Lipinski definition) is 3. The fourth-order valence-corrected chi connectivity index (χ4v) is 7.28. The van der Waals surface area contributed by atoms with Crippen molar-refractivity contribution in [2.45, 2.75) is 51.3 Å². The van der Waals surface area contributed by atoms with E-state index in [-0.39, 0.29) is 24.2 Å². The standard InChI is InChI=1S/C31H34N6O2/c32-16-26-18-34-29(33-17-21-7-3-1-4-8-21)37-28(26)35-20-31-13-23-11-24(14-31)27(25(12-23)15-31)36-30(38)39-19-22-9-5-2-6-10-22/h1-10,18,23-25,27H,11-15,17,19-20H2,(H,36,38)(H2,33,34,35,37)/t23?,24-,25+,27-,31-. The maximum atomic E-state index is 12.6. The number of nitrogens with zero attached hydrogens (tertiary/aromatic N) is 3. The highest BCUT2D eigenvalue weighted by atomic mass is 16.5. The number of alkyl carbamates (subject to hydrolysis) is 1. The molecule has 1 amide bonds. The normalized spacial score (nSPS) is 26.4. The summed E-state index contributed by atoms with van der Waals surface area (Å²) in [6, 6.07) is 22.3. The van der Waals surface area contributed by atoms with E-state index in [2.05, 4.69) is 32.0 Å². The van der Waals surface area contributed by atoms with E-state index in [1.54, 1.807) is 6.20 Å². The van der Waals surface area contributed by atoms with Crippen LogP contribution < -0.4 is 16.0 Å². The molecular formula is C31H34N6O2. The molecule has 4 fully saturated rings. The van der Waals surface area contributed by atoms with Crippen molar-refractivity contribution in [2.24, 2.45) is 23.2 Å². The summed E-state index contributed by atoms with van der Waals surface area (Å²) in [5.74, 6) is 2.67. The smallest absolute Gasteiger partial charge is 0.407 e. The summed E-state index contributed by atoms with van der Waals surface area (Å²) in [6.07, 6.45) is 6.89. The van der Waals surface area contributed by atoms with Crippen LogP contribution in [0.2, 0.25) is 0 Å². The number of rotatable bonds is 9. The molecule has 7 rings (SSSR count). The van der Waals surface area contributed by atoms with Crippen molar-refractivity contribution in [3.05, 3.63) is 83.6 Å². The Morgan fingerprint density at radius 2 is 1.67 bits per heavy atom. The number of carbonyl (C=O) groups excluding carboxylic acids is 1. The Kier molecular flexibility index (Phi) is 7.06. The fourth-order valence-electron chi connectivity index (χ4n) is 7.28. The van der Waals surface area contributed by atoms with Crippen LogP contribution in [0.5, 0.6) is 0 Å². The van der Waals surface area contributed by atoms with Gasteiger partial charge in [-0.2, -0.15) is 10.2 Å². The molecule has 4 aliphatic rings. The van der Waals surface area contributed by atoms with Crippen molar-refractivity contribution >= 4 is 17.9 Å². The molecule has 4 saturated carbocycles. The lowest BCUT2D eigenvalue weighted by Crippen LogP contribution is -2.60. The van der Waals surface area contributed by atoms with Gasteiger partial charge in [0.2, 0.25) is 5.95 Å². The molecule has 200 valence electrons. The van der Waals surface area contributed by atoms with Crippen LogP contribution in [0.1, 0.15) is 48.8 Å². The van der Waals surface area contributed by atoms with Gasteiger partial charge in [-0.05, 0) is 66.4 Å². The van der Waals surface area contributed by atoms with Crippen LogP contribution in [-0.2, 0) is 17.9 Å².